The number of aromatic nitrogens is 1. The highest BCUT2D eigenvalue weighted by Gasteiger charge is 2.29. The van der Waals surface area contributed by atoms with Gasteiger partial charge in [-0.25, -0.2) is 4.98 Å². The lowest BCUT2D eigenvalue weighted by Crippen LogP contribution is -2.29. The number of anilines is 1. The molecule has 2 aromatic rings. The number of nitrogens with zero attached hydrogens (tertiary/aromatic N) is 1. The first-order valence-electron chi connectivity index (χ1n) is 6.63. The third kappa shape index (κ3) is 3.12. The van der Waals surface area contributed by atoms with E-state index in [2.05, 4.69) is 11.9 Å². The van der Waals surface area contributed by atoms with E-state index in [0.29, 0.717) is 18.7 Å². The Hall–Kier alpha value is -1.87. The molecule has 0 radical (unpaired) electrons. The number of pyridine rings is 1. The second-order valence-electron chi connectivity index (χ2n) is 4.87. The molecular weight excluding hydrogens is 236 g/mol. The maximum atomic E-state index is 11.0. The summed E-state index contributed by atoms with van der Waals surface area (Å²) in [5.41, 5.74) is 6.82. The van der Waals surface area contributed by atoms with Crippen LogP contribution in [0.25, 0.3) is 0 Å². The van der Waals surface area contributed by atoms with Crippen LogP contribution in [0.4, 0.5) is 5.82 Å². The Morgan fingerprint density at radius 3 is 2.53 bits per heavy atom. The Morgan fingerprint density at radius 2 is 1.89 bits per heavy atom. The fourth-order valence-corrected chi connectivity index (χ4v) is 2.41. The molecule has 0 aliphatic carbocycles. The van der Waals surface area contributed by atoms with Crippen molar-refractivity contribution in [3.05, 3.63) is 59.8 Å². The predicted octanol–water partition coefficient (Wildman–Crippen LogP) is 2.89. The molecule has 0 aliphatic rings. The summed E-state index contributed by atoms with van der Waals surface area (Å²) in [6.45, 7) is 2.07. The van der Waals surface area contributed by atoms with Crippen LogP contribution in [0.15, 0.2) is 48.7 Å². The van der Waals surface area contributed by atoms with Gasteiger partial charge in [-0.2, -0.15) is 0 Å². The fourth-order valence-electron chi connectivity index (χ4n) is 2.41. The van der Waals surface area contributed by atoms with Crippen molar-refractivity contribution in [2.45, 2.75) is 31.8 Å². The molecule has 1 heterocycles. The minimum Gasteiger partial charge on any atom is -0.385 e. The van der Waals surface area contributed by atoms with Crippen molar-refractivity contribution in [3.63, 3.8) is 0 Å². The standard InChI is InChI=1S/C16H20N2O/c1-2-10-16(19,14-8-4-3-5-9-14)12-13-7-6-11-18-15(13)17/h3-9,11,19H,2,10,12H2,1H3,(H2,17,18). The van der Waals surface area contributed by atoms with E-state index in [4.69, 9.17) is 5.73 Å². The van der Waals surface area contributed by atoms with Gasteiger partial charge < -0.3 is 10.8 Å². The molecule has 1 aromatic carbocycles. The van der Waals surface area contributed by atoms with E-state index in [0.717, 1.165) is 17.5 Å². The van der Waals surface area contributed by atoms with E-state index < -0.39 is 5.60 Å². The largest absolute Gasteiger partial charge is 0.385 e. The van der Waals surface area contributed by atoms with Crippen LogP contribution in [-0.4, -0.2) is 10.1 Å². The smallest absolute Gasteiger partial charge is 0.126 e. The van der Waals surface area contributed by atoms with Crippen molar-refractivity contribution in [1.82, 2.24) is 4.98 Å². The summed E-state index contributed by atoms with van der Waals surface area (Å²) in [6.07, 6.45) is 3.77. The molecular formula is C16H20N2O. The summed E-state index contributed by atoms with van der Waals surface area (Å²) in [6, 6.07) is 13.5. The molecule has 3 nitrogen and oxygen atoms in total. The highest BCUT2D eigenvalue weighted by Crippen LogP contribution is 2.31. The van der Waals surface area contributed by atoms with E-state index in [-0.39, 0.29) is 0 Å². The zero-order valence-electron chi connectivity index (χ0n) is 11.2. The molecule has 0 bridgehead atoms. The van der Waals surface area contributed by atoms with Crippen LogP contribution in [0.1, 0.15) is 30.9 Å². The van der Waals surface area contributed by atoms with Gasteiger partial charge in [0.25, 0.3) is 0 Å². The first-order chi connectivity index (χ1) is 9.15. The van der Waals surface area contributed by atoms with Gasteiger partial charge in [0.05, 0.1) is 5.60 Å². The third-order valence-corrected chi connectivity index (χ3v) is 3.38. The normalized spacial score (nSPS) is 14.0. The second kappa shape index (κ2) is 5.85. The summed E-state index contributed by atoms with van der Waals surface area (Å²) in [4.78, 5) is 4.08. The molecule has 0 saturated carbocycles. The van der Waals surface area contributed by atoms with Crippen molar-refractivity contribution in [2.75, 3.05) is 5.73 Å². The highest BCUT2D eigenvalue weighted by atomic mass is 16.3. The number of nitrogens with two attached hydrogens (primary N) is 1. The first kappa shape index (κ1) is 13.6. The average Bonchev–Trinajstić information content (AvgIpc) is 2.43. The van der Waals surface area contributed by atoms with Crippen LogP contribution < -0.4 is 5.73 Å². The van der Waals surface area contributed by atoms with Gasteiger partial charge in [-0.05, 0) is 23.6 Å². The SMILES string of the molecule is CCCC(O)(Cc1cccnc1N)c1ccccc1. The van der Waals surface area contributed by atoms with Crippen molar-refractivity contribution in [2.24, 2.45) is 0 Å². The van der Waals surface area contributed by atoms with Crippen molar-refractivity contribution in [1.29, 1.82) is 0 Å². The minimum absolute atomic E-state index is 0.491. The van der Waals surface area contributed by atoms with Crippen LogP contribution in [0.3, 0.4) is 0 Å². The molecule has 19 heavy (non-hydrogen) atoms. The number of hydrogen-bond acceptors (Lipinski definition) is 3. The average molecular weight is 256 g/mol. The van der Waals surface area contributed by atoms with Gasteiger partial charge in [0.1, 0.15) is 5.82 Å². The molecule has 3 heteroatoms. The molecule has 0 aliphatic heterocycles. The second-order valence-corrected chi connectivity index (χ2v) is 4.87. The van der Waals surface area contributed by atoms with E-state index in [9.17, 15) is 5.11 Å². The molecule has 3 N–H and O–H groups in total. The van der Waals surface area contributed by atoms with Crippen LogP contribution in [0.5, 0.6) is 0 Å². The quantitative estimate of drug-likeness (QED) is 0.864. The maximum absolute atomic E-state index is 11.0. The molecule has 1 unspecified atom stereocenters. The zero-order valence-corrected chi connectivity index (χ0v) is 11.2. The Kier molecular flexibility index (Phi) is 4.17. The Morgan fingerprint density at radius 1 is 1.16 bits per heavy atom. The number of aliphatic hydroxyl groups is 1. The third-order valence-electron chi connectivity index (χ3n) is 3.38. The summed E-state index contributed by atoms with van der Waals surface area (Å²) in [5.74, 6) is 0.493. The van der Waals surface area contributed by atoms with Crippen molar-refractivity contribution < 1.29 is 5.11 Å². The highest BCUT2D eigenvalue weighted by molar-refractivity contribution is 5.40. The van der Waals surface area contributed by atoms with Crippen LogP contribution in [0.2, 0.25) is 0 Å². The molecule has 100 valence electrons. The van der Waals surface area contributed by atoms with Crippen molar-refractivity contribution in [3.8, 4) is 0 Å². The van der Waals surface area contributed by atoms with E-state index >= 15 is 0 Å². The Labute approximate surface area is 114 Å². The number of benzene rings is 1. The van der Waals surface area contributed by atoms with Gasteiger partial charge in [0.2, 0.25) is 0 Å². The van der Waals surface area contributed by atoms with Gasteiger partial charge in [-0.3, -0.25) is 0 Å². The molecule has 0 spiro atoms. The summed E-state index contributed by atoms with van der Waals surface area (Å²) in [7, 11) is 0. The maximum Gasteiger partial charge on any atom is 0.126 e. The van der Waals surface area contributed by atoms with Crippen LogP contribution in [0, 0.1) is 0 Å². The molecule has 1 atom stereocenters. The van der Waals surface area contributed by atoms with E-state index in [1.54, 1.807) is 6.20 Å². The van der Waals surface area contributed by atoms with E-state index in [1.807, 2.05) is 42.5 Å². The summed E-state index contributed by atoms with van der Waals surface area (Å²) >= 11 is 0. The predicted molar refractivity (Wildman–Crippen MR) is 77.6 cm³/mol. The minimum atomic E-state index is -0.882. The van der Waals surface area contributed by atoms with Crippen LogP contribution in [-0.2, 0) is 12.0 Å². The lowest BCUT2D eigenvalue weighted by molar-refractivity contribution is 0.0270. The first-order valence-corrected chi connectivity index (χ1v) is 6.63. The van der Waals surface area contributed by atoms with Crippen LogP contribution >= 0.6 is 0 Å². The Bertz CT molecular complexity index is 527. The number of nitrogen functional groups attached to an aromatic ring is 1. The zero-order chi connectivity index (χ0) is 13.7. The summed E-state index contributed by atoms with van der Waals surface area (Å²) in [5, 5.41) is 11.0. The monoisotopic (exact) mass is 256 g/mol. The van der Waals surface area contributed by atoms with Gasteiger partial charge in [-0.1, -0.05) is 49.7 Å². The van der Waals surface area contributed by atoms with Gasteiger partial charge in [0.15, 0.2) is 0 Å². The topological polar surface area (TPSA) is 59.1 Å². The number of hydrogen-bond donors (Lipinski definition) is 2. The number of rotatable bonds is 5. The van der Waals surface area contributed by atoms with Crippen molar-refractivity contribution >= 4 is 5.82 Å². The van der Waals surface area contributed by atoms with Gasteiger partial charge in [-0.15, -0.1) is 0 Å². The van der Waals surface area contributed by atoms with E-state index in [1.165, 1.54) is 0 Å². The molecule has 2 rings (SSSR count). The Balaban J connectivity index is 2.33. The molecule has 0 fully saturated rings. The fraction of sp³-hybridized carbons (Fsp3) is 0.312. The van der Waals surface area contributed by atoms with Gasteiger partial charge in [0, 0.05) is 12.6 Å². The van der Waals surface area contributed by atoms with Gasteiger partial charge >= 0.3 is 0 Å². The lowest BCUT2D eigenvalue weighted by Gasteiger charge is -2.29. The molecule has 0 amide bonds. The molecule has 0 saturated heterocycles. The molecule has 1 aromatic heterocycles. The summed E-state index contributed by atoms with van der Waals surface area (Å²) < 4.78 is 0. The lowest BCUT2D eigenvalue weighted by atomic mass is 9.84.